The quantitative estimate of drug-likeness (QED) is 0.630. The zero-order valence-electron chi connectivity index (χ0n) is 6.49. The van der Waals surface area contributed by atoms with Crippen LogP contribution in [0.4, 0.5) is 14.5 Å². The molecule has 62 valence electrons. The minimum Gasteiger partial charge on any atom is -0.386 e. The second-order valence-corrected chi connectivity index (χ2v) is 2.21. The van der Waals surface area contributed by atoms with Crippen LogP contribution in [0.15, 0.2) is 12.1 Å². The second-order valence-electron chi connectivity index (χ2n) is 2.21. The lowest BCUT2D eigenvalue weighted by molar-refractivity contribution is 0.600. The predicted octanol–water partition coefficient (Wildman–Crippen LogP) is 1.99. The van der Waals surface area contributed by atoms with Gasteiger partial charge in [-0.3, -0.25) is 0 Å². The maximum absolute atomic E-state index is 12.9. The van der Waals surface area contributed by atoms with Crippen molar-refractivity contribution in [1.82, 2.24) is 0 Å². The smallest absolute Gasteiger partial charge is 0.147 e. The van der Waals surface area contributed by atoms with Gasteiger partial charge in [0, 0.05) is 13.1 Å². The van der Waals surface area contributed by atoms with E-state index in [-0.39, 0.29) is 11.3 Å². The number of benzene rings is 1. The fourth-order valence-corrected chi connectivity index (χ4v) is 0.849. The summed E-state index contributed by atoms with van der Waals surface area (Å²) < 4.78 is 25.8. The van der Waals surface area contributed by atoms with Gasteiger partial charge >= 0.3 is 0 Å². The maximum atomic E-state index is 12.9. The van der Waals surface area contributed by atoms with Crippen LogP contribution >= 0.6 is 0 Å². The zero-order valence-corrected chi connectivity index (χ0v) is 6.49. The molecule has 0 bridgehead atoms. The molecule has 0 radical (unpaired) electrons. The van der Waals surface area contributed by atoms with Gasteiger partial charge in [0.25, 0.3) is 0 Å². The largest absolute Gasteiger partial charge is 0.386 e. The molecule has 1 rings (SSSR count). The van der Waals surface area contributed by atoms with Crippen molar-refractivity contribution in [3.05, 3.63) is 29.3 Å². The number of terminal acetylenes is 1. The van der Waals surface area contributed by atoms with Crippen LogP contribution in [0.1, 0.15) is 5.56 Å². The SMILES string of the molecule is C#Cc1cc(F)c(NC)cc1F. The molecule has 12 heavy (non-hydrogen) atoms. The molecule has 0 aliphatic heterocycles. The Morgan fingerprint density at radius 2 is 2.00 bits per heavy atom. The van der Waals surface area contributed by atoms with Gasteiger partial charge in [-0.15, -0.1) is 6.42 Å². The molecule has 0 amide bonds. The van der Waals surface area contributed by atoms with Gasteiger partial charge < -0.3 is 5.32 Å². The van der Waals surface area contributed by atoms with Crippen LogP contribution < -0.4 is 5.32 Å². The minimum absolute atomic E-state index is 0.0634. The third kappa shape index (κ3) is 1.37. The molecule has 0 unspecified atom stereocenters. The van der Waals surface area contributed by atoms with Crippen molar-refractivity contribution in [3.63, 3.8) is 0 Å². The first-order valence-corrected chi connectivity index (χ1v) is 3.32. The average Bonchev–Trinajstić information content (AvgIpc) is 2.08. The number of anilines is 1. The lowest BCUT2D eigenvalue weighted by atomic mass is 10.2. The van der Waals surface area contributed by atoms with Gasteiger partial charge in [-0.05, 0) is 6.07 Å². The normalized spacial score (nSPS) is 9.17. The van der Waals surface area contributed by atoms with Crippen LogP contribution in [0.3, 0.4) is 0 Å². The lowest BCUT2D eigenvalue weighted by Crippen LogP contribution is -1.95. The summed E-state index contributed by atoms with van der Waals surface area (Å²) in [6.07, 6.45) is 4.93. The van der Waals surface area contributed by atoms with E-state index in [0.29, 0.717) is 0 Å². The lowest BCUT2D eigenvalue weighted by Gasteiger charge is -2.02. The van der Waals surface area contributed by atoms with E-state index < -0.39 is 11.6 Å². The first kappa shape index (κ1) is 8.54. The van der Waals surface area contributed by atoms with E-state index in [1.165, 1.54) is 7.05 Å². The Kier molecular flexibility index (Phi) is 2.29. The fourth-order valence-electron chi connectivity index (χ4n) is 0.849. The molecule has 0 saturated heterocycles. The summed E-state index contributed by atoms with van der Waals surface area (Å²) in [4.78, 5) is 0. The first-order chi connectivity index (χ1) is 5.69. The summed E-state index contributed by atoms with van der Waals surface area (Å²) in [5, 5.41) is 2.50. The summed E-state index contributed by atoms with van der Waals surface area (Å²) in [6.45, 7) is 0. The van der Waals surface area contributed by atoms with Crippen molar-refractivity contribution in [1.29, 1.82) is 0 Å². The van der Waals surface area contributed by atoms with Gasteiger partial charge in [0.2, 0.25) is 0 Å². The third-order valence-corrected chi connectivity index (χ3v) is 1.48. The summed E-state index contributed by atoms with van der Waals surface area (Å²) >= 11 is 0. The molecular formula is C9H7F2N. The van der Waals surface area contributed by atoms with Crippen molar-refractivity contribution in [2.75, 3.05) is 12.4 Å². The summed E-state index contributed by atoms with van der Waals surface area (Å²) in [5.74, 6) is 0.901. The van der Waals surface area contributed by atoms with Crippen LogP contribution in [0.25, 0.3) is 0 Å². The van der Waals surface area contributed by atoms with Crippen LogP contribution in [0, 0.1) is 24.0 Å². The number of hydrogen-bond acceptors (Lipinski definition) is 1. The highest BCUT2D eigenvalue weighted by Crippen LogP contribution is 2.17. The van der Waals surface area contributed by atoms with E-state index in [9.17, 15) is 8.78 Å². The van der Waals surface area contributed by atoms with Gasteiger partial charge in [0.05, 0.1) is 11.3 Å². The molecule has 0 spiro atoms. The molecule has 0 heterocycles. The van der Waals surface area contributed by atoms with Gasteiger partial charge in [-0.2, -0.15) is 0 Å². The highest BCUT2D eigenvalue weighted by atomic mass is 19.1. The Morgan fingerprint density at radius 3 is 2.50 bits per heavy atom. The molecular weight excluding hydrogens is 160 g/mol. The molecule has 0 saturated carbocycles. The molecule has 0 aliphatic rings. The average molecular weight is 167 g/mol. The van der Waals surface area contributed by atoms with Crippen molar-refractivity contribution in [3.8, 4) is 12.3 Å². The monoisotopic (exact) mass is 167 g/mol. The van der Waals surface area contributed by atoms with E-state index in [4.69, 9.17) is 6.42 Å². The van der Waals surface area contributed by atoms with Gasteiger partial charge in [0.15, 0.2) is 0 Å². The molecule has 1 N–H and O–H groups in total. The Bertz CT molecular complexity index is 338. The number of nitrogens with one attached hydrogen (secondary N) is 1. The number of rotatable bonds is 1. The van der Waals surface area contributed by atoms with E-state index in [1.54, 1.807) is 0 Å². The van der Waals surface area contributed by atoms with Crippen LogP contribution in [0.5, 0.6) is 0 Å². The number of halogens is 2. The molecule has 0 atom stereocenters. The van der Waals surface area contributed by atoms with Crippen molar-refractivity contribution >= 4 is 5.69 Å². The third-order valence-electron chi connectivity index (χ3n) is 1.48. The van der Waals surface area contributed by atoms with Crippen molar-refractivity contribution in [2.24, 2.45) is 0 Å². The van der Waals surface area contributed by atoms with Gasteiger partial charge in [0.1, 0.15) is 11.6 Å². The predicted molar refractivity (Wildman–Crippen MR) is 43.8 cm³/mol. The fraction of sp³-hybridized carbons (Fsp3) is 0.111. The maximum Gasteiger partial charge on any atom is 0.147 e. The molecule has 0 aromatic heterocycles. The highest BCUT2D eigenvalue weighted by Gasteiger charge is 2.06. The Morgan fingerprint density at radius 1 is 1.33 bits per heavy atom. The topological polar surface area (TPSA) is 12.0 Å². The first-order valence-electron chi connectivity index (χ1n) is 3.32. The molecule has 0 fully saturated rings. The minimum atomic E-state index is -0.594. The molecule has 1 aromatic rings. The zero-order chi connectivity index (χ0) is 9.14. The van der Waals surface area contributed by atoms with Gasteiger partial charge in [-0.25, -0.2) is 8.78 Å². The summed E-state index contributed by atoms with van der Waals surface area (Å²) in [7, 11) is 1.51. The van der Waals surface area contributed by atoms with Crippen LogP contribution in [-0.4, -0.2) is 7.05 Å². The Hall–Kier alpha value is -1.56. The van der Waals surface area contributed by atoms with Crippen molar-refractivity contribution < 1.29 is 8.78 Å². The van der Waals surface area contributed by atoms with Gasteiger partial charge in [-0.1, -0.05) is 5.92 Å². The number of hydrogen-bond donors (Lipinski definition) is 1. The van der Waals surface area contributed by atoms with Crippen LogP contribution in [-0.2, 0) is 0 Å². The molecule has 0 aliphatic carbocycles. The highest BCUT2D eigenvalue weighted by molar-refractivity contribution is 5.49. The molecule has 1 nitrogen and oxygen atoms in total. The van der Waals surface area contributed by atoms with E-state index in [0.717, 1.165) is 12.1 Å². The second kappa shape index (κ2) is 3.22. The van der Waals surface area contributed by atoms with Crippen molar-refractivity contribution in [2.45, 2.75) is 0 Å². The molecule has 1 aromatic carbocycles. The van der Waals surface area contributed by atoms with E-state index in [1.807, 2.05) is 5.92 Å². The standard InChI is InChI=1S/C9H7F2N/c1-3-6-4-8(11)9(12-2)5-7(6)10/h1,4-5,12H,2H3. The summed E-state index contributed by atoms with van der Waals surface area (Å²) in [5.41, 5.74) is 0.0398. The summed E-state index contributed by atoms with van der Waals surface area (Å²) in [6, 6.07) is 2.02. The van der Waals surface area contributed by atoms with E-state index >= 15 is 0 Å². The van der Waals surface area contributed by atoms with Crippen LogP contribution in [0.2, 0.25) is 0 Å². The Labute approximate surface area is 69.4 Å². The molecule has 3 heteroatoms. The van der Waals surface area contributed by atoms with E-state index in [2.05, 4.69) is 5.32 Å². The Balaban J connectivity index is 3.28.